The summed E-state index contributed by atoms with van der Waals surface area (Å²) in [4.78, 5) is 16.7. The third kappa shape index (κ3) is 3.66. The van der Waals surface area contributed by atoms with Gasteiger partial charge < -0.3 is 19.7 Å². The van der Waals surface area contributed by atoms with Crippen LogP contribution in [0.4, 0.5) is 0 Å². The first-order valence-corrected chi connectivity index (χ1v) is 7.05. The Labute approximate surface area is 115 Å². The van der Waals surface area contributed by atoms with E-state index in [0.717, 1.165) is 45.6 Å². The van der Waals surface area contributed by atoms with Crippen molar-refractivity contribution < 1.29 is 14.3 Å². The summed E-state index contributed by atoms with van der Waals surface area (Å²) in [5.41, 5.74) is 0. The molecule has 6 heteroatoms. The van der Waals surface area contributed by atoms with Gasteiger partial charge in [-0.15, -0.1) is 0 Å². The van der Waals surface area contributed by atoms with Gasteiger partial charge in [0, 0.05) is 40.4 Å². The number of methoxy groups -OCH3 is 2. The molecule has 6 nitrogen and oxygen atoms in total. The molecule has 2 aliphatic rings. The monoisotopic (exact) mass is 271 g/mol. The number of nitrogens with one attached hydrogen (secondary N) is 1. The van der Waals surface area contributed by atoms with Crippen LogP contribution in [0.25, 0.3) is 0 Å². The number of hydrogen-bond donors (Lipinski definition) is 1. The van der Waals surface area contributed by atoms with Gasteiger partial charge in [0.1, 0.15) is 0 Å². The van der Waals surface area contributed by atoms with Crippen molar-refractivity contribution in [2.24, 2.45) is 0 Å². The quantitative estimate of drug-likeness (QED) is 0.683. The smallest absolute Gasteiger partial charge is 0.240 e. The molecule has 1 amide bonds. The van der Waals surface area contributed by atoms with E-state index < -0.39 is 0 Å². The summed E-state index contributed by atoms with van der Waals surface area (Å²) in [5, 5.41) is 3.27. The van der Waals surface area contributed by atoms with Gasteiger partial charge >= 0.3 is 0 Å². The van der Waals surface area contributed by atoms with Gasteiger partial charge in [-0.1, -0.05) is 0 Å². The van der Waals surface area contributed by atoms with E-state index in [4.69, 9.17) is 9.47 Å². The van der Waals surface area contributed by atoms with Crippen LogP contribution in [0.1, 0.15) is 12.8 Å². The van der Waals surface area contributed by atoms with Crippen LogP contribution in [0.5, 0.6) is 0 Å². The molecule has 1 N–H and O–H groups in total. The third-order valence-electron chi connectivity index (χ3n) is 3.99. The summed E-state index contributed by atoms with van der Waals surface area (Å²) in [6.07, 6.45) is 1.77. The highest BCUT2D eigenvalue weighted by molar-refractivity contribution is 5.82. The number of ether oxygens (including phenoxy) is 2. The molecule has 2 aliphatic heterocycles. The van der Waals surface area contributed by atoms with Crippen molar-refractivity contribution in [1.82, 2.24) is 15.1 Å². The Balaban J connectivity index is 1.91. The summed E-state index contributed by atoms with van der Waals surface area (Å²) in [5.74, 6) is 0.268. The molecule has 0 aromatic carbocycles. The molecule has 1 atom stereocenters. The Morgan fingerprint density at radius 3 is 2.58 bits per heavy atom. The van der Waals surface area contributed by atoms with Gasteiger partial charge in [-0.2, -0.15) is 0 Å². The van der Waals surface area contributed by atoms with E-state index >= 15 is 0 Å². The lowest BCUT2D eigenvalue weighted by Gasteiger charge is -2.33. The highest BCUT2D eigenvalue weighted by Crippen LogP contribution is 2.20. The Morgan fingerprint density at radius 1 is 1.26 bits per heavy atom. The zero-order chi connectivity index (χ0) is 13.7. The number of hydrogen-bond acceptors (Lipinski definition) is 5. The lowest BCUT2D eigenvalue weighted by atomic mass is 10.1. The van der Waals surface area contributed by atoms with Gasteiger partial charge in [0.05, 0.1) is 12.6 Å². The molecule has 0 radical (unpaired) electrons. The average Bonchev–Trinajstić information content (AvgIpc) is 2.93. The van der Waals surface area contributed by atoms with Crippen LogP contribution in [-0.4, -0.2) is 81.5 Å². The second-order valence-corrected chi connectivity index (χ2v) is 5.13. The van der Waals surface area contributed by atoms with Crippen molar-refractivity contribution in [3.63, 3.8) is 0 Å². The van der Waals surface area contributed by atoms with E-state index in [2.05, 4.69) is 10.2 Å². The zero-order valence-electron chi connectivity index (χ0n) is 11.9. The topological polar surface area (TPSA) is 54.0 Å². The summed E-state index contributed by atoms with van der Waals surface area (Å²) in [6, 6.07) is 0.00546. The van der Waals surface area contributed by atoms with Gasteiger partial charge in [-0.3, -0.25) is 9.69 Å². The number of amides is 1. The molecule has 0 saturated carbocycles. The summed E-state index contributed by atoms with van der Waals surface area (Å²) >= 11 is 0. The predicted octanol–water partition coefficient (Wildman–Crippen LogP) is -0.498. The van der Waals surface area contributed by atoms with Crippen LogP contribution in [0, 0.1) is 0 Å². The summed E-state index contributed by atoms with van der Waals surface area (Å²) in [6.45, 7) is 5.05. The number of nitrogens with zero attached hydrogens (tertiary/aromatic N) is 2. The fourth-order valence-electron chi connectivity index (χ4n) is 2.86. The number of carbonyl (C=O) groups excluding carboxylic acids is 1. The van der Waals surface area contributed by atoms with Crippen molar-refractivity contribution in [1.29, 1.82) is 0 Å². The Morgan fingerprint density at radius 2 is 1.95 bits per heavy atom. The van der Waals surface area contributed by atoms with E-state index in [-0.39, 0.29) is 18.2 Å². The first kappa shape index (κ1) is 14.7. The minimum atomic E-state index is -0.253. The minimum absolute atomic E-state index is 0.00546. The maximum atomic E-state index is 12.5. The maximum Gasteiger partial charge on any atom is 0.240 e. The summed E-state index contributed by atoms with van der Waals surface area (Å²) in [7, 11) is 3.27. The molecule has 0 aromatic rings. The molecule has 110 valence electrons. The van der Waals surface area contributed by atoms with Crippen LogP contribution in [0.2, 0.25) is 0 Å². The molecule has 1 unspecified atom stereocenters. The molecule has 0 bridgehead atoms. The Kier molecular flexibility index (Phi) is 5.57. The van der Waals surface area contributed by atoms with Gasteiger partial charge in [-0.25, -0.2) is 0 Å². The van der Waals surface area contributed by atoms with E-state index in [1.807, 2.05) is 4.90 Å². The van der Waals surface area contributed by atoms with Crippen LogP contribution in [0.15, 0.2) is 0 Å². The highest BCUT2D eigenvalue weighted by Gasteiger charge is 2.35. The van der Waals surface area contributed by atoms with Crippen molar-refractivity contribution in [2.75, 3.05) is 53.5 Å². The third-order valence-corrected chi connectivity index (χ3v) is 3.99. The number of piperazine rings is 1. The second kappa shape index (κ2) is 7.19. The van der Waals surface area contributed by atoms with E-state index in [0.29, 0.717) is 6.54 Å². The summed E-state index contributed by atoms with van der Waals surface area (Å²) < 4.78 is 10.5. The predicted molar refractivity (Wildman–Crippen MR) is 71.9 cm³/mol. The fourth-order valence-corrected chi connectivity index (χ4v) is 2.86. The van der Waals surface area contributed by atoms with E-state index in [1.165, 1.54) is 0 Å². The standard InChI is InChI=1S/C13H25N3O3/c1-18-12(19-2)10-16-7-3-4-11(16)13(17)15-8-5-14-6-9-15/h11-12,14H,3-10H2,1-2H3. The van der Waals surface area contributed by atoms with Crippen LogP contribution < -0.4 is 5.32 Å². The first-order chi connectivity index (χ1) is 9.26. The first-order valence-electron chi connectivity index (χ1n) is 7.05. The van der Waals surface area contributed by atoms with Crippen molar-refractivity contribution in [3.8, 4) is 0 Å². The molecule has 0 spiro atoms. The number of likely N-dealkylation sites (tertiary alicyclic amines) is 1. The van der Waals surface area contributed by atoms with Crippen molar-refractivity contribution in [3.05, 3.63) is 0 Å². The van der Waals surface area contributed by atoms with E-state index in [1.54, 1.807) is 14.2 Å². The lowest BCUT2D eigenvalue weighted by Crippen LogP contribution is -2.53. The minimum Gasteiger partial charge on any atom is -0.355 e. The van der Waals surface area contributed by atoms with Crippen molar-refractivity contribution in [2.45, 2.75) is 25.2 Å². The van der Waals surface area contributed by atoms with E-state index in [9.17, 15) is 4.79 Å². The maximum absolute atomic E-state index is 12.5. The molecule has 2 rings (SSSR count). The molecule has 2 saturated heterocycles. The molecule has 2 heterocycles. The number of rotatable bonds is 5. The highest BCUT2D eigenvalue weighted by atomic mass is 16.7. The molecule has 2 fully saturated rings. The van der Waals surface area contributed by atoms with Gasteiger partial charge in [0.25, 0.3) is 0 Å². The molecular formula is C13H25N3O3. The average molecular weight is 271 g/mol. The number of carbonyl (C=O) groups is 1. The Bertz CT molecular complexity index is 291. The van der Waals surface area contributed by atoms with Gasteiger partial charge in [0.2, 0.25) is 5.91 Å². The van der Waals surface area contributed by atoms with Gasteiger partial charge in [-0.05, 0) is 19.4 Å². The van der Waals surface area contributed by atoms with Crippen molar-refractivity contribution >= 4 is 5.91 Å². The fraction of sp³-hybridized carbons (Fsp3) is 0.923. The molecule has 19 heavy (non-hydrogen) atoms. The van der Waals surface area contributed by atoms with Crippen LogP contribution >= 0.6 is 0 Å². The molecule has 0 aromatic heterocycles. The van der Waals surface area contributed by atoms with Crippen LogP contribution in [-0.2, 0) is 14.3 Å². The normalized spacial score (nSPS) is 25.2. The van der Waals surface area contributed by atoms with Crippen LogP contribution in [0.3, 0.4) is 0 Å². The lowest BCUT2D eigenvalue weighted by molar-refractivity contribution is -0.142. The van der Waals surface area contributed by atoms with Gasteiger partial charge in [0.15, 0.2) is 6.29 Å². The largest absolute Gasteiger partial charge is 0.355 e. The SMILES string of the molecule is COC(CN1CCCC1C(=O)N1CCNCC1)OC. The zero-order valence-corrected chi connectivity index (χ0v) is 11.9. The Hall–Kier alpha value is -0.690. The second-order valence-electron chi connectivity index (χ2n) is 5.13. The molecule has 0 aliphatic carbocycles. The molecular weight excluding hydrogens is 246 g/mol.